The van der Waals surface area contributed by atoms with Gasteiger partial charge in [-0.25, -0.2) is 13.2 Å². The molecule has 0 radical (unpaired) electrons. The lowest BCUT2D eigenvalue weighted by molar-refractivity contribution is -0.129. The number of rotatable bonds is 5. The Hall–Kier alpha value is -2.46. The largest absolute Gasteiger partial charge is 0.452 e. The summed E-state index contributed by atoms with van der Waals surface area (Å²) in [6.45, 7) is 2.91. The van der Waals surface area contributed by atoms with Crippen LogP contribution in [0.5, 0.6) is 0 Å². The predicted molar refractivity (Wildman–Crippen MR) is 95.9 cm³/mol. The molecule has 0 aliphatic carbocycles. The zero-order valence-corrected chi connectivity index (χ0v) is 16.0. The van der Waals surface area contributed by atoms with Gasteiger partial charge in [-0.1, -0.05) is 12.5 Å². The highest BCUT2D eigenvalue weighted by atomic mass is 32.2. The summed E-state index contributed by atoms with van der Waals surface area (Å²) in [6.07, 6.45) is 2.58. The van der Waals surface area contributed by atoms with Gasteiger partial charge in [0.25, 0.3) is 5.91 Å². The SMILES string of the molecule is CC(=O)NNC(=O)COC(=O)c1cccc(S(=O)(=O)N2CCCC[C@H]2C)c1. The van der Waals surface area contributed by atoms with Crippen LogP contribution in [0.1, 0.15) is 43.5 Å². The zero-order valence-electron chi connectivity index (χ0n) is 15.2. The van der Waals surface area contributed by atoms with Crippen LogP contribution < -0.4 is 10.9 Å². The zero-order chi connectivity index (χ0) is 20.0. The fraction of sp³-hybridized carbons (Fsp3) is 0.471. The van der Waals surface area contributed by atoms with E-state index in [1.54, 1.807) is 0 Å². The Morgan fingerprint density at radius 2 is 1.96 bits per heavy atom. The van der Waals surface area contributed by atoms with Gasteiger partial charge in [0, 0.05) is 19.5 Å². The Kier molecular flexibility index (Phi) is 6.92. The standard InChI is InChI=1S/C17H23N3O6S/c1-12-6-3-4-9-20(12)27(24,25)15-8-5-7-14(10-15)17(23)26-11-16(22)19-18-13(2)21/h5,7-8,10,12H,3-4,6,9,11H2,1-2H3,(H,18,21)(H,19,22)/t12-/m1/s1. The average molecular weight is 397 g/mol. The minimum absolute atomic E-state index is 0.00778. The van der Waals surface area contributed by atoms with Crippen molar-refractivity contribution < 1.29 is 27.5 Å². The molecule has 9 nitrogen and oxygen atoms in total. The Bertz CT molecular complexity index is 824. The molecule has 1 aromatic carbocycles. The van der Waals surface area contributed by atoms with E-state index in [-0.39, 0.29) is 16.5 Å². The number of ether oxygens (including phenoxy) is 1. The van der Waals surface area contributed by atoms with Gasteiger partial charge in [-0.15, -0.1) is 0 Å². The molecule has 1 aromatic rings. The molecule has 27 heavy (non-hydrogen) atoms. The monoisotopic (exact) mass is 397 g/mol. The van der Waals surface area contributed by atoms with Crippen molar-refractivity contribution in [3.8, 4) is 0 Å². The third kappa shape index (κ3) is 5.51. The van der Waals surface area contributed by atoms with Gasteiger partial charge in [0.15, 0.2) is 6.61 Å². The molecule has 1 aliphatic heterocycles. The van der Waals surface area contributed by atoms with E-state index in [9.17, 15) is 22.8 Å². The number of carbonyl (C=O) groups excluding carboxylic acids is 3. The van der Waals surface area contributed by atoms with Crippen LogP contribution in [0, 0.1) is 0 Å². The lowest BCUT2D eigenvalue weighted by Gasteiger charge is -2.32. The quantitative estimate of drug-likeness (QED) is 0.553. The normalized spacial score (nSPS) is 17.8. The number of benzene rings is 1. The highest BCUT2D eigenvalue weighted by Crippen LogP contribution is 2.25. The van der Waals surface area contributed by atoms with Crippen LogP contribution in [0.2, 0.25) is 0 Å². The molecule has 148 valence electrons. The maximum Gasteiger partial charge on any atom is 0.338 e. The van der Waals surface area contributed by atoms with E-state index in [0.29, 0.717) is 6.54 Å². The van der Waals surface area contributed by atoms with E-state index in [1.807, 2.05) is 6.92 Å². The fourth-order valence-corrected chi connectivity index (χ4v) is 4.50. The highest BCUT2D eigenvalue weighted by molar-refractivity contribution is 7.89. The molecule has 10 heteroatoms. The van der Waals surface area contributed by atoms with E-state index in [4.69, 9.17) is 4.74 Å². The Morgan fingerprint density at radius 3 is 2.63 bits per heavy atom. The van der Waals surface area contributed by atoms with E-state index < -0.39 is 34.4 Å². The maximum absolute atomic E-state index is 12.9. The van der Waals surface area contributed by atoms with Crippen LogP contribution in [-0.4, -0.2) is 49.7 Å². The summed E-state index contributed by atoms with van der Waals surface area (Å²) in [7, 11) is -3.72. The third-order valence-electron chi connectivity index (χ3n) is 4.13. The summed E-state index contributed by atoms with van der Waals surface area (Å²) < 4.78 is 32.0. The van der Waals surface area contributed by atoms with Crippen molar-refractivity contribution >= 4 is 27.8 Å². The van der Waals surface area contributed by atoms with Crippen molar-refractivity contribution in [2.45, 2.75) is 44.0 Å². The van der Waals surface area contributed by atoms with Gasteiger partial charge in [-0.2, -0.15) is 4.31 Å². The Morgan fingerprint density at radius 1 is 1.22 bits per heavy atom. The molecule has 0 saturated carbocycles. The molecule has 1 heterocycles. The Balaban J connectivity index is 2.06. The number of hydrogen-bond acceptors (Lipinski definition) is 6. The second kappa shape index (κ2) is 8.96. The first-order valence-electron chi connectivity index (χ1n) is 8.56. The number of amides is 2. The molecule has 0 unspecified atom stereocenters. The number of hydrogen-bond donors (Lipinski definition) is 2. The molecule has 2 rings (SSSR count). The van der Waals surface area contributed by atoms with Gasteiger partial charge in [-0.3, -0.25) is 20.4 Å². The van der Waals surface area contributed by atoms with Crippen LogP contribution in [0.15, 0.2) is 29.2 Å². The summed E-state index contributed by atoms with van der Waals surface area (Å²) in [5.41, 5.74) is 4.14. The molecular weight excluding hydrogens is 374 g/mol. The van der Waals surface area contributed by atoms with Crippen molar-refractivity contribution in [2.75, 3.05) is 13.2 Å². The third-order valence-corrected chi connectivity index (χ3v) is 6.14. The van der Waals surface area contributed by atoms with Crippen molar-refractivity contribution in [3.05, 3.63) is 29.8 Å². The van der Waals surface area contributed by atoms with Gasteiger partial charge in [0.1, 0.15) is 0 Å². The molecular formula is C17H23N3O6S. The number of nitrogens with one attached hydrogen (secondary N) is 2. The molecule has 0 spiro atoms. The van der Waals surface area contributed by atoms with Gasteiger partial charge >= 0.3 is 5.97 Å². The fourth-order valence-electron chi connectivity index (χ4n) is 2.76. The highest BCUT2D eigenvalue weighted by Gasteiger charge is 2.31. The van der Waals surface area contributed by atoms with Crippen LogP contribution in [-0.2, 0) is 24.3 Å². The van der Waals surface area contributed by atoms with Crippen LogP contribution in [0.4, 0.5) is 0 Å². The second-order valence-corrected chi connectivity index (χ2v) is 8.18. The van der Waals surface area contributed by atoms with Crippen molar-refractivity contribution in [1.82, 2.24) is 15.2 Å². The lowest BCUT2D eigenvalue weighted by Crippen LogP contribution is -2.42. The van der Waals surface area contributed by atoms with Crippen LogP contribution in [0.3, 0.4) is 0 Å². The number of nitrogens with zero attached hydrogens (tertiary/aromatic N) is 1. The molecule has 2 N–H and O–H groups in total. The maximum atomic E-state index is 12.9. The van der Waals surface area contributed by atoms with Gasteiger partial charge in [0.05, 0.1) is 10.5 Å². The van der Waals surface area contributed by atoms with E-state index >= 15 is 0 Å². The first-order chi connectivity index (χ1) is 12.7. The Labute approximate surface area is 158 Å². The summed E-state index contributed by atoms with van der Waals surface area (Å²) in [5, 5.41) is 0. The van der Waals surface area contributed by atoms with E-state index in [0.717, 1.165) is 19.3 Å². The number of piperidine rings is 1. The first-order valence-corrected chi connectivity index (χ1v) is 10.0. The minimum Gasteiger partial charge on any atom is -0.452 e. The number of esters is 1. The molecule has 1 aliphatic rings. The van der Waals surface area contributed by atoms with Gasteiger partial charge in [0.2, 0.25) is 15.9 Å². The topological polar surface area (TPSA) is 122 Å². The molecule has 1 saturated heterocycles. The molecule has 2 amide bonds. The average Bonchev–Trinajstić information content (AvgIpc) is 2.64. The second-order valence-electron chi connectivity index (χ2n) is 6.29. The van der Waals surface area contributed by atoms with Gasteiger partial charge < -0.3 is 4.74 Å². The van der Waals surface area contributed by atoms with Crippen LogP contribution >= 0.6 is 0 Å². The van der Waals surface area contributed by atoms with Crippen molar-refractivity contribution in [1.29, 1.82) is 0 Å². The first kappa shape index (κ1) is 20.8. The van der Waals surface area contributed by atoms with Crippen molar-refractivity contribution in [3.63, 3.8) is 0 Å². The summed E-state index contributed by atoms with van der Waals surface area (Å²) >= 11 is 0. The molecule has 1 fully saturated rings. The number of carbonyl (C=O) groups is 3. The summed E-state index contributed by atoms with van der Waals surface area (Å²) in [4.78, 5) is 34.3. The van der Waals surface area contributed by atoms with Gasteiger partial charge in [-0.05, 0) is 38.0 Å². The summed E-state index contributed by atoms with van der Waals surface area (Å²) in [5.74, 6) is -2.03. The predicted octanol–water partition coefficient (Wildman–Crippen LogP) is 0.574. The smallest absolute Gasteiger partial charge is 0.338 e. The lowest BCUT2D eigenvalue weighted by atomic mass is 10.1. The van der Waals surface area contributed by atoms with Crippen LogP contribution in [0.25, 0.3) is 0 Å². The minimum atomic E-state index is -3.72. The van der Waals surface area contributed by atoms with Crippen molar-refractivity contribution in [2.24, 2.45) is 0 Å². The molecule has 0 bridgehead atoms. The molecule has 0 aromatic heterocycles. The number of sulfonamides is 1. The number of hydrazine groups is 1. The van der Waals surface area contributed by atoms with E-state index in [2.05, 4.69) is 10.9 Å². The van der Waals surface area contributed by atoms with E-state index in [1.165, 1.54) is 35.5 Å². The molecule has 1 atom stereocenters. The summed E-state index contributed by atoms with van der Waals surface area (Å²) in [6, 6.07) is 5.43.